The molecule has 0 aliphatic carbocycles. The van der Waals surface area contributed by atoms with Crippen LogP contribution >= 0.6 is 11.3 Å². The molecule has 3 heterocycles. The Bertz CT molecular complexity index is 1400. The van der Waals surface area contributed by atoms with Gasteiger partial charge in [-0.1, -0.05) is 23.8 Å². The Kier molecular flexibility index (Phi) is 6.77. The number of nitrogens with zero attached hydrogens (tertiary/aromatic N) is 3. The van der Waals surface area contributed by atoms with Gasteiger partial charge >= 0.3 is 0 Å². The molecular weight excluding hydrogens is 462 g/mol. The molecule has 0 atom stereocenters. The van der Waals surface area contributed by atoms with E-state index in [1.54, 1.807) is 35.4 Å². The number of morpholine rings is 1. The van der Waals surface area contributed by atoms with Crippen molar-refractivity contribution in [1.82, 2.24) is 14.8 Å². The van der Waals surface area contributed by atoms with E-state index >= 15 is 0 Å². The van der Waals surface area contributed by atoms with Gasteiger partial charge < -0.3 is 14.1 Å². The summed E-state index contributed by atoms with van der Waals surface area (Å²) < 4.78 is 11.4. The molecule has 1 aliphatic heterocycles. The fourth-order valence-corrected chi connectivity index (χ4v) is 5.00. The van der Waals surface area contributed by atoms with Crippen molar-refractivity contribution in [2.24, 2.45) is 0 Å². The minimum absolute atomic E-state index is 0.0823. The van der Waals surface area contributed by atoms with Gasteiger partial charge in [0.15, 0.2) is 5.43 Å². The van der Waals surface area contributed by atoms with Crippen molar-refractivity contribution in [3.05, 3.63) is 86.0 Å². The number of aromatic nitrogens is 1. The highest BCUT2D eigenvalue weighted by atomic mass is 32.1. The lowest BCUT2D eigenvalue weighted by Gasteiger charge is -2.25. The molecule has 0 saturated carbocycles. The van der Waals surface area contributed by atoms with Gasteiger partial charge in [0.05, 0.1) is 37.4 Å². The topological polar surface area (TPSA) is 75.9 Å². The normalized spacial score (nSPS) is 14.3. The van der Waals surface area contributed by atoms with Gasteiger partial charge in [-0.05, 0) is 31.2 Å². The summed E-state index contributed by atoms with van der Waals surface area (Å²) in [6.07, 6.45) is 0. The van der Waals surface area contributed by atoms with Gasteiger partial charge in [-0.15, -0.1) is 11.3 Å². The van der Waals surface area contributed by atoms with Crippen LogP contribution in [0, 0.1) is 6.92 Å². The van der Waals surface area contributed by atoms with E-state index in [0.29, 0.717) is 28.8 Å². The van der Waals surface area contributed by atoms with Crippen LogP contribution in [0.25, 0.3) is 22.3 Å². The Morgan fingerprint density at radius 1 is 1.11 bits per heavy atom. The predicted octanol–water partition coefficient (Wildman–Crippen LogP) is 4.33. The van der Waals surface area contributed by atoms with Crippen molar-refractivity contribution in [3.63, 3.8) is 0 Å². The van der Waals surface area contributed by atoms with Crippen LogP contribution in [0.1, 0.15) is 26.6 Å². The summed E-state index contributed by atoms with van der Waals surface area (Å²) in [5, 5.41) is 3.64. The number of amides is 1. The Labute approximate surface area is 207 Å². The molecular formula is C27H27N3O4S. The zero-order chi connectivity index (χ0) is 24.4. The van der Waals surface area contributed by atoms with Crippen LogP contribution in [-0.4, -0.2) is 54.0 Å². The fourth-order valence-electron chi connectivity index (χ4n) is 4.17. The van der Waals surface area contributed by atoms with Crippen LogP contribution in [0.4, 0.5) is 0 Å². The standard InChI is InChI=1S/C27H27N3O4S/c1-18-3-8-24-22(13-18)23(31)14-25(34-24)19-4-6-20(7-5-19)27(32)29(2)15-21-17-35-26(28-21)16-30-9-11-33-12-10-30/h3-8,13-14,17H,9-12,15-16H2,1-2H3. The van der Waals surface area contributed by atoms with E-state index < -0.39 is 0 Å². The van der Waals surface area contributed by atoms with Gasteiger partial charge in [-0.3, -0.25) is 14.5 Å². The molecule has 1 saturated heterocycles. The highest BCUT2D eigenvalue weighted by Gasteiger charge is 2.16. The minimum Gasteiger partial charge on any atom is -0.456 e. The first-order valence-electron chi connectivity index (χ1n) is 11.6. The number of carbonyl (C=O) groups is 1. The molecule has 7 nitrogen and oxygen atoms in total. The predicted molar refractivity (Wildman–Crippen MR) is 137 cm³/mol. The van der Waals surface area contributed by atoms with E-state index in [9.17, 15) is 9.59 Å². The van der Waals surface area contributed by atoms with Crippen molar-refractivity contribution >= 4 is 28.2 Å². The number of carbonyl (C=O) groups excluding carboxylic acids is 1. The van der Waals surface area contributed by atoms with Crippen molar-refractivity contribution in [1.29, 1.82) is 0 Å². The first kappa shape index (κ1) is 23.4. The average molecular weight is 490 g/mol. The lowest BCUT2D eigenvalue weighted by Crippen LogP contribution is -2.35. The summed E-state index contributed by atoms with van der Waals surface area (Å²) >= 11 is 1.63. The molecule has 1 fully saturated rings. The average Bonchev–Trinajstić information content (AvgIpc) is 3.31. The molecule has 0 radical (unpaired) electrons. The van der Waals surface area contributed by atoms with Gasteiger partial charge in [0.1, 0.15) is 16.4 Å². The summed E-state index contributed by atoms with van der Waals surface area (Å²) in [6.45, 7) is 6.58. The molecule has 1 aliphatic rings. The van der Waals surface area contributed by atoms with Gasteiger partial charge in [-0.25, -0.2) is 4.98 Å². The Morgan fingerprint density at radius 3 is 2.66 bits per heavy atom. The maximum Gasteiger partial charge on any atom is 0.253 e. The Balaban J connectivity index is 1.25. The fraction of sp³-hybridized carbons (Fsp3) is 0.296. The number of ether oxygens (including phenoxy) is 1. The highest BCUT2D eigenvalue weighted by Crippen LogP contribution is 2.24. The first-order valence-corrected chi connectivity index (χ1v) is 12.5. The van der Waals surface area contributed by atoms with Crippen molar-refractivity contribution < 1.29 is 13.9 Å². The van der Waals surface area contributed by atoms with E-state index in [1.165, 1.54) is 6.07 Å². The number of hydrogen-bond donors (Lipinski definition) is 0. The third-order valence-electron chi connectivity index (χ3n) is 6.11. The van der Waals surface area contributed by atoms with Crippen LogP contribution in [0.15, 0.2) is 63.1 Å². The smallest absolute Gasteiger partial charge is 0.253 e. The van der Waals surface area contributed by atoms with Crippen LogP contribution in [0.2, 0.25) is 0 Å². The number of thiazole rings is 1. The molecule has 5 rings (SSSR count). The highest BCUT2D eigenvalue weighted by molar-refractivity contribution is 7.09. The second-order valence-corrected chi connectivity index (χ2v) is 9.78. The Morgan fingerprint density at radius 2 is 1.89 bits per heavy atom. The van der Waals surface area contributed by atoms with Gasteiger partial charge in [0.25, 0.3) is 5.91 Å². The molecule has 8 heteroatoms. The monoisotopic (exact) mass is 489 g/mol. The van der Waals surface area contributed by atoms with Crippen LogP contribution in [-0.2, 0) is 17.8 Å². The molecule has 180 valence electrons. The summed E-state index contributed by atoms with van der Waals surface area (Å²) in [4.78, 5) is 34.2. The summed E-state index contributed by atoms with van der Waals surface area (Å²) in [5.41, 5.74) is 3.68. The van der Waals surface area contributed by atoms with E-state index in [-0.39, 0.29) is 11.3 Å². The largest absolute Gasteiger partial charge is 0.456 e. The van der Waals surface area contributed by atoms with E-state index in [2.05, 4.69) is 4.90 Å². The molecule has 35 heavy (non-hydrogen) atoms. The number of fused-ring (bicyclic) bond motifs is 1. The number of aryl methyl sites for hydroxylation is 1. The van der Waals surface area contributed by atoms with Gasteiger partial charge in [0, 0.05) is 42.7 Å². The third-order valence-corrected chi connectivity index (χ3v) is 6.99. The second-order valence-electron chi connectivity index (χ2n) is 8.83. The molecule has 2 aromatic carbocycles. The number of rotatable bonds is 6. The van der Waals surface area contributed by atoms with Gasteiger partial charge in [0.2, 0.25) is 0 Å². The van der Waals surface area contributed by atoms with E-state index in [4.69, 9.17) is 14.1 Å². The van der Waals surface area contributed by atoms with Crippen LogP contribution in [0.3, 0.4) is 0 Å². The van der Waals surface area contributed by atoms with Crippen molar-refractivity contribution in [3.8, 4) is 11.3 Å². The molecule has 0 bridgehead atoms. The maximum atomic E-state index is 13.0. The lowest BCUT2D eigenvalue weighted by molar-refractivity contribution is 0.0341. The summed E-state index contributed by atoms with van der Waals surface area (Å²) in [6, 6.07) is 14.2. The number of hydrogen-bond acceptors (Lipinski definition) is 7. The quantitative estimate of drug-likeness (QED) is 0.401. The van der Waals surface area contributed by atoms with Crippen molar-refractivity contribution in [2.45, 2.75) is 20.0 Å². The van der Waals surface area contributed by atoms with Gasteiger partial charge in [-0.2, -0.15) is 0 Å². The van der Waals surface area contributed by atoms with Crippen LogP contribution in [0.5, 0.6) is 0 Å². The minimum atomic E-state index is -0.0882. The first-order chi connectivity index (χ1) is 17.0. The number of benzene rings is 2. The molecule has 1 amide bonds. The zero-order valence-corrected chi connectivity index (χ0v) is 20.6. The summed E-state index contributed by atoms with van der Waals surface area (Å²) in [5.74, 6) is 0.392. The zero-order valence-electron chi connectivity index (χ0n) is 19.8. The lowest BCUT2D eigenvalue weighted by atomic mass is 10.1. The molecule has 0 unspecified atom stereocenters. The summed E-state index contributed by atoms with van der Waals surface area (Å²) in [7, 11) is 1.78. The maximum absolute atomic E-state index is 13.0. The second kappa shape index (κ2) is 10.1. The molecule has 0 spiro atoms. The van der Waals surface area contributed by atoms with Crippen molar-refractivity contribution in [2.75, 3.05) is 33.4 Å². The Hall–Kier alpha value is -3.33. The SMILES string of the molecule is Cc1ccc2oc(-c3ccc(C(=O)N(C)Cc4csc(CN5CCOCC5)n4)cc3)cc(=O)c2c1. The molecule has 2 aromatic heterocycles. The third kappa shape index (κ3) is 5.35. The van der Waals surface area contributed by atoms with E-state index in [0.717, 1.165) is 54.7 Å². The van der Waals surface area contributed by atoms with E-state index in [1.807, 2.05) is 42.6 Å². The molecule has 0 N–H and O–H groups in total. The van der Waals surface area contributed by atoms with Crippen LogP contribution < -0.4 is 5.43 Å². The molecule has 4 aromatic rings.